The summed E-state index contributed by atoms with van der Waals surface area (Å²) < 4.78 is 28.3. The third kappa shape index (κ3) is 3.63. The molecule has 3 amide bonds. The number of aryl methyl sites for hydroxylation is 1. The van der Waals surface area contributed by atoms with Gasteiger partial charge in [0.15, 0.2) is 0 Å². The van der Waals surface area contributed by atoms with E-state index in [2.05, 4.69) is 20.3 Å². The molecule has 1 saturated heterocycles. The zero-order chi connectivity index (χ0) is 20.8. The van der Waals surface area contributed by atoms with Crippen molar-refractivity contribution < 1.29 is 18.0 Å². The molecule has 1 aliphatic rings. The number of thiazole rings is 1. The number of carbonyl (C=O) groups excluding carboxylic acids is 2. The van der Waals surface area contributed by atoms with Crippen LogP contribution in [0, 0.1) is 6.92 Å². The van der Waals surface area contributed by atoms with Crippen molar-refractivity contribution in [1.82, 2.24) is 15.6 Å². The van der Waals surface area contributed by atoms with E-state index in [1.165, 1.54) is 23.5 Å². The SMILES string of the molecule is Cc1nc(-c2ccc(S(=O)(=O)Nc3cccc([C@]4(C)NC(=O)NC4=O)c3)s2)cs1. The number of imide groups is 1. The zero-order valence-corrected chi connectivity index (χ0v) is 17.8. The van der Waals surface area contributed by atoms with E-state index in [4.69, 9.17) is 0 Å². The molecule has 0 unspecified atom stereocenters. The fraction of sp³-hybridized carbons (Fsp3) is 0.167. The second-order valence-electron chi connectivity index (χ2n) is 6.59. The van der Waals surface area contributed by atoms with E-state index >= 15 is 0 Å². The molecule has 1 atom stereocenters. The van der Waals surface area contributed by atoms with Crippen LogP contribution in [0.2, 0.25) is 0 Å². The van der Waals surface area contributed by atoms with Crippen LogP contribution < -0.4 is 15.4 Å². The number of aromatic nitrogens is 1. The van der Waals surface area contributed by atoms with E-state index in [-0.39, 0.29) is 9.90 Å². The molecule has 1 aromatic carbocycles. The average Bonchev–Trinajstić information content (AvgIpc) is 3.35. The summed E-state index contributed by atoms with van der Waals surface area (Å²) in [5.41, 5.74) is 0.233. The van der Waals surface area contributed by atoms with Gasteiger partial charge in [-0.1, -0.05) is 12.1 Å². The fourth-order valence-electron chi connectivity index (χ4n) is 2.92. The molecule has 1 aliphatic heterocycles. The third-order valence-corrected chi connectivity index (χ3v) is 8.21. The number of nitrogens with one attached hydrogen (secondary N) is 3. The van der Waals surface area contributed by atoms with Crippen molar-refractivity contribution in [1.29, 1.82) is 0 Å². The van der Waals surface area contributed by atoms with Crippen molar-refractivity contribution in [3.05, 3.63) is 52.3 Å². The number of urea groups is 1. The molecule has 4 rings (SSSR count). The largest absolute Gasteiger partial charge is 0.322 e. The lowest BCUT2D eigenvalue weighted by atomic mass is 9.92. The Kier molecular flexibility index (Phi) is 4.68. The van der Waals surface area contributed by atoms with Gasteiger partial charge < -0.3 is 5.32 Å². The summed E-state index contributed by atoms with van der Waals surface area (Å²) in [7, 11) is -3.82. The summed E-state index contributed by atoms with van der Waals surface area (Å²) in [4.78, 5) is 28.8. The third-order valence-electron chi connectivity index (χ3n) is 4.45. The molecule has 29 heavy (non-hydrogen) atoms. The topological polar surface area (TPSA) is 117 Å². The molecule has 1 fully saturated rings. The Morgan fingerprint density at radius 3 is 2.62 bits per heavy atom. The minimum atomic E-state index is -3.82. The highest BCUT2D eigenvalue weighted by molar-refractivity contribution is 7.94. The van der Waals surface area contributed by atoms with Crippen molar-refractivity contribution in [2.75, 3.05) is 4.72 Å². The lowest BCUT2D eigenvalue weighted by Crippen LogP contribution is -2.40. The van der Waals surface area contributed by atoms with Crippen LogP contribution >= 0.6 is 22.7 Å². The number of carbonyl (C=O) groups is 2. The summed E-state index contributed by atoms with van der Waals surface area (Å²) in [5, 5.41) is 7.54. The van der Waals surface area contributed by atoms with Crippen LogP contribution in [0.15, 0.2) is 46.0 Å². The Bertz CT molecular complexity index is 1230. The average molecular weight is 449 g/mol. The highest BCUT2D eigenvalue weighted by Gasteiger charge is 2.43. The number of sulfonamides is 1. The molecule has 2 aromatic heterocycles. The van der Waals surface area contributed by atoms with E-state index in [1.807, 2.05) is 12.3 Å². The van der Waals surface area contributed by atoms with E-state index < -0.39 is 27.5 Å². The Balaban J connectivity index is 1.60. The van der Waals surface area contributed by atoms with Gasteiger partial charge in [0.25, 0.3) is 15.9 Å². The van der Waals surface area contributed by atoms with Crippen molar-refractivity contribution in [3.8, 4) is 10.6 Å². The Labute approximate surface area is 175 Å². The smallest absolute Gasteiger partial charge is 0.320 e. The molecule has 0 spiro atoms. The number of rotatable bonds is 5. The van der Waals surface area contributed by atoms with Gasteiger partial charge in [0.2, 0.25) is 0 Å². The van der Waals surface area contributed by atoms with Gasteiger partial charge in [0.1, 0.15) is 9.75 Å². The number of amides is 3. The maximum absolute atomic E-state index is 12.8. The van der Waals surface area contributed by atoms with Crippen LogP contribution in [0.25, 0.3) is 10.6 Å². The van der Waals surface area contributed by atoms with E-state index in [0.717, 1.165) is 26.9 Å². The van der Waals surface area contributed by atoms with Crippen molar-refractivity contribution in [2.24, 2.45) is 0 Å². The van der Waals surface area contributed by atoms with Crippen LogP contribution in [0.5, 0.6) is 0 Å². The quantitative estimate of drug-likeness (QED) is 0.519. The molecule has 0 radical (unpaired) electrons. The van der Waals surface area contributed by atoms with Crippen molar-refractivity contribution in [3.63, 3.8) is 0 Å². The predicted molar refractivity (Wildman–Crippen MR) is 111 cm³/mol. The molecule has 8 nitrogen and oxygen atoms in total. The number of thiophene rings is 1. The second kappa shape index (κ2) is 6.94. The Morgan fingerprint density at radius 1 is 1.17 bits per heavy atom. The normalized spacial score (nSPS) is 19.1. The summed E-state index contributed by atoms with van der Waals surface area (Å²) in [5.74, 6) is -0.496. The number of nitrogens with zero attached hydrogens (tertiary/aromatic N) is 1. The first kappa shape index (κ1) is 19.6. The van der Waals surface area contributed by atoms with Crippen LogP contribution in [0.3, 0.4) is 0 Å². The number of hydrogen-bond acceptors (Lipinski definition) is 7. The Hall–Kier alpha value is -2.76. The molecule has 3 N–H and O–H groups in total. The molecule has 0 bridgehead atoms. The van der Waals surface area contributed by atoms with Gasteiger partial charge >= 0.3 is 6.03 Å². The first-order valence-electron chi connectivity index (χ1n) is 8.47. The lowest BCUT2D eigenvalue weighted by Gasteiger charge is -2.21. The molecular formula is C18H16N4O4S3. The van der Waals surface area contributed by atoms with Gasteiger partial charge in [0, 0.05) is 11.1 Å². The standard InChI is InChI=1S/C18H16N4O4S3/c1-10-19-13(9-27-10)14-6-7-15(28-14)29(25,26)22-12-5-3-4-11(8-12)18(2)16(23)20-17(24)21-18/h3-9,22H,1-2H3,(H2,20,21,23,24)/t18-/m0/s1. The van der Waals surface area contributed by atoms with Gasteiger partial charge in [-0.05, 0) is 43.7 Å². The van der Waals surface area contributed by atoms with Gasteiger partial charge in [-0.2, -0.15) is 0 Å². The number of anilines is 1. The minimum Gasteiger partial charge on any atom is -0.320 e. The summed E-state index contributed by atoms with van der Waals surface area (Å²) in [6.45, 7) is 3.45. The van der Waals surface area contributed by atoms with Crippen LogP contribution in [-0.2, 0) is 20.4 Å². The van der Waals surface area contributed by atoms with Crippen molar-refractivity contribution in [2.45, 2.75) is 23.6 Å². The van der Waals surface area contributed by atoms with Crippen LogP contribution in [-0.4, -0.2) is 25.3 Å². The van der Waals surface area contributed by atoms with Gasteiger partial charge in [0.05, 0.1) is 15.6 Å². The first-order valence-corrected chi connectivity index (χ1v) is 11.6. The second-order valence-corrected chi connectivity index (χ2v) is 10.6. The molecule has 0 saturated carbocycles. The monoisotopic (exact) mass is 448 g/mol. The van der Waals surface area contributed by atoms with E-state index in [0.29, 0.717) is 5.56 Å². The van der Waals surface area contributed by atoms with Crippen LogP contribution in [0.4, 0.5) is 10.5 Å². The number of benzene rings is 1. The van der Waals surface area contributed by atoms with Gasteiger partial charge in [-0.3, -0.25) is 14.8 Å². The van der Waals surface area contributed by atoms with E-state index in [9.17, 15) is 18.0 Å². The highest BCUT2D eigenvalue weighted by atomic mass is 32.2. The van der Waals surface area contributed by atoms with Gasteiger partial charge in [-0.15, -0.1) is 22.7 Å². The summed E-state index contributed by atoms with van der Waals surface area (Å²) >= 11 is 2.63. The van der Waals surface area contributed by atoms with Crippen molar-refractivity contribution >= 4 is 50.3 Å². The number of hydrogen-bond donors (Lipinski definition) is 3. The predicted octanol–water partition coefficient (Wildman–Crippen LogP) is 3.04. The fourth-order valence-corrected chi connectivity index (χ4v) is 5.93. The summed E-state index contributed by atoms with van der Waals surface area (Å²) in [6.07, 6.45) is 0. The molecular weight excluding hydrogens is 432 g/mol. The van der Waals surface area contributed by atoms with Crippen LogP contribution in [0.1, 0.15) is 17.5 Å². The highest BCUT2D eigenvalue weighted by Crippen LogP contribution is 2.33. The molecule has 150 valence electrons. The molecule has 3 aromatic rings. The molecule has 11 heteroatoms. The Morgan fingerprint density at radius 2 is 1.97 bits per heavy atom. The lowest BCUT2D eigenvalue weighted by molar-refractivity contribution is -0.123. The molecule has 0 aliphatic carbocycles. The first-order chi connectivity index (χ1) is 13.7. The maximum atomic E-state index is 12.8. The minimum absolute atomic E-state index is 0.154. The molecule has 3 heterocycles. The van der Waals surface area contributed by atoms with Gasteiger partial charge in [-0.25, -0.2) is 18.2 Å². The zero-order valence-electron chi connectivity index (χ0n) is 15.3. The summed E-state index contributed by atoms with van der Waals surface area (Å²) in [6, 6.07) is 9.05. The maximum Gasteiger partial charge on any atom is 0.322 e. The van der Waals surface area contributed by atoms with E-state index in [1.54, 1.807) is 31.2 Å².